The maximum atomic E-state index is 12.3. The number of carbonyl (C=O) groups excluding carboxylic acids is 3. The normalized spacial score (nSPS) is 12.6. The van der Waals surface area contributed by atoms with Crippen LogP contribution in [0, 0.1) is 0 Å². The number of hydrogen-bond donors (Lipinski definition) is 1. The molecular weight excluding hydrogens is 375 g/mol. The molecule has 7 heteroatoms. The Morgan fingerprint density at radius 3 is 2.50 bits per heavy atom. The van der Waals surface area contributed by atoms with Crippen molar-refractivity contribution < 1.29 is 14.4 Å². The number of carbonyl (C=O) groups is 3. The van der Waals surface area contributed by atoms with E-state index in [1.54, 1.807) is 23.1 Å². The third-order valence-electron chi connectivity index (χ3n) is 4.22. The summed E-state index contributed by atoms with van der Waals surface area (Å²) in [6.07, 6.45) is 1.71. The number of nitrogens with zero attached hydrogens (tertiary/aromatic N) is 1. The first-order chi connectivity index (χ1) is 12.5. The van der Waals surface area contributed by atoms with Crippen LogP contribution in [0.2, 0.25) is 10.0 Å². The highest BCUT2D eigenvalue weighted by Gasteiger charge is 2.20. The van der Waals surface area contributed by atoms with Gasteiger partial charge in [0, 0.05) is 46.4 Å². The summed E-state index contributed by atoms with van der Waals surface area (Å²) in [7, 11) is 0. The number of hydrogen-bond acceptors (Lipinski definition) is 3. The minimum absolute atomic E-state index is 0.0678. The smallest absolute Gasteiger partial charge is 0.251 e. The first-order valence-electron chi connectivity index (χ1n) is 8.10. The zero-order valence-electron chi connectivity index (χ0n) is 13.8. The summed E-state index contributed by atoms with van der Waals surface area (Å²) in [5.41, 5.74) is 2.77. The second-order valence-corrected chi connectivity index (χ2v) is 6.85. The average molecular weight is 391 g/mol. The van der Waals surface area contributed by atoms with E-state index < -0.39 is 0 Å². The Morgan fingerprint density at radius 2 is 1.81 bits per heavy atom. The van der Waals surface area contributed by atoms with Gasteiger partial charge in [-0.1, -0.05) is 23.2 Å². The number of halogens is 2. The number of Topliss-reactive ketones (excluding diaryl/α,β-unsaturated/α-hetero) is 1. The average Bonchev–Trinajstić information content (AvgIpc) is 3.02. The van der Waals surface area contributed by atoms with Gasteiger partial charge in [0.05, 0.1) is 0 Å². The number of fused-ring (bicyclic) bond motifs is 1. The van der Waals surface area contributed by atoms with Crippen molar-refractivity contribution in [1.29, 1.82) is 0 Å². The first kappa shape index (κ1) is 18.4. The Hall–Kier alpha value is -2.37. The lowest BCUT2D eigenvalue weighted by Crippen LogP contribution is -2.26. The minimum atomic E-state index is -0.335. The lowest BCUT2D eigenvalue weighted by Gasteiger charge is -2.10. The quantitative estimate of drug-likeness (QED) is 0.605. The van der Waals surface area contributed by atoms with Gasteiger partial charge in [0.1, 0.15) is 0 Å². The van der Waals surface area contributed by atoms with Gasteiger partial charge in [-0.05, 0) is 48.4 Å². The zero-order valence-corrected chi connectivity index (χ0v) is 15.3. The second-order valence-electron chi connectivity index (χ2n) is 5.98. The van der Waals surface area contributed by atoms with Crippen LogP contribution in [-0.4, -0.2) is 31.2 Å². The van der Waals surface area contributed by atoms with E-state index in [-0.39, 0.29) is 24.7 Å². The Labute approximate surface area is 160 Å². The van der Waals surface area contributed by atoms with Crippen molar-refractivity contribution in [2.75, 3.05) is 18.0 Å². The second kappa shape index (κ2) is 7.89. The molecule has 1 aliphatic heterocycles. The lowest BCUT2D eigenvalue weighted by molar-refractivity contribution is -0.107. The first-order valence-corrected chi connectivity index (χ1v) is 8.86. The highest BCUT2D eigenvalue weighted by Crippen LogP contribution is 2.28. The third kappa shape index (κ3) is 4.06. The number of nitrogens with one attached hydrogen (secondary N) is 1. The number of rotatable bonds is 6. The maximum Gasteiger partial charge on any atom is 0.251 e. The van der Waals surface area contributed by atoms with Crippen molar-refractivity contribution in [3.8, 4) is 0 Å². The predicted molar refractivity (Wildman–Crippen MR) is 101 cm³/mol. The molecule has 0 spiro atoms. The SMILES string of the molecule is O=CN1CCc2cc(C(=O)CCNC(=O)c3cc(Cl)cc(Cl)c3)ccc21. The van der Waals surface area contributed by atoms with Crippen LogP contribution in [0.3, 0.4) is 0 Å². The number of ketones is 1. The fourth-order valence-corrected chi connectivity index (χ4v) is 3.46. The van der Waals surface area contributed by atoms with Crippen molar-refractivity contribution in [1.82, 2.24) is 5.32 Å². The molecule has 0 bridgehead atoms. The summed E-state index contributed by atoms with van der Waals surface area (Å²) in [5, 5.41) is 3.44. The summed E-state index contributed by atoms with van der Waals surface area (Å²) in [6, 6.07) is 9.90. The van der Waals surface area contributed by atoms with Crippen LogP contribution in [0.4, 0.5) is 5.69 Å². The summed E-state index contributed by atoms with van der Waals surface area (Å²) >= 11 is 11.8. The van der Waals surface area contributed by atoms with Crippen molar-refractivity contribution in [3.05, 3.63) is 63.1 Å². The van der Waals surface area contributed by atoms with Gasteiger partial charge in [0.15, 0.2) is 5.78 Å². The van der Waals surface area contributed by atoms with Gasteiger partial charge >= 0.3 is 0 Å². The lowest BCUT2D eigenvalue weighted by atomic mass is 10.0. The highest BCUT2D eigenvalue weighted by molar-refractivity contribution is 6.35. The van der Waals surface area contributed by atoms with Crippen molar-refractivity contribution in [2.45, 2.75) is 12.8 Å². The summed E-state index contributed by atoms with van der Waals surface area (Å²) < 4.78 is 0. The maximum absolute atomic E-state index is 12.3. The van der Waals surface area contributed by atoms with Crippen LogP contribution >= 0.6 is 23.2 Å². The van der Waals surface area contributed by atoms with Crippen LogP contribution in [0.15, 0.2) is 36.4 Å². The van der Waals surface area contributed by atoms with E-state index >= 15 is 0 Å². The highest BCUT2D eigenvalue weighted by atomic mass is 35.5. The Morgan fingerprint density at radius 1 is 1.08 bits per heavy atom. The third-order valence-corrected chi connectivity index (χ3v) is 4.66. The van der Waals surface area contributed by atoms with E-state index in [1.807, 2.05) is 6.07 Å². The van der Waals surface area contributed by atoms with Gasteiger partial charge in [-0.15, -0.1) is 0 Å². The number of anilines is 1. The molecule has 0 fully saturated rings. The molecule has 0 aromatic heterocycles. The molecule has 5 nitrogen and oxygen atoms in total. The molecule has 0 atom stereocenters. The Balaban J connectivity index is 1.58. The van der Waals surface area contributed by atoms with Crippen molar-refractivity contribution >= 4 is 47.0 Å². The molecule has 0 radical (unpaired) electrons. The van der Waals surface area contributed by atoms with Crippen LogP contribution < -0.4 is 10.2 Å². The topological polar surface area (TPSA) is 66.5 Å². The van der Waals surface area contributed by atoms with Gasteiger partial charge in [-0.2, -0.15) is 0 Å². The van der Waals surface area contributed by atoms with Crippen LogP contribution in [0.25, 0.3) is 0 Å². The molecule has 0 saturated carbocycles. The van der Waals surface area contributed by atoms with Crippen LogP contribution in [-0.2, 0) is 11.2 Å². The summed E-state index contributed by atoms with van der Waals surface area (Å²) in [4.78, 5) is 37.0. The molecule has 0 saturated heterocycles. The van der Waals surface area contributed by atoms with Crippen molar-refractivity contribution in [3.63, 3.8) is 0 Å². The molecule has 3 rings (SSSR count). The van der Waals surface area contributed by atoms with E-state index in [0.717, 1.165) is 24.1 Å². The molecule has 2 amide bonds. The van der Waals surface area contributed by atoms with Gasteiger partial charge in [-0.25, -0.2) is 0 Å². The number of amides is 2. The van der Waals surface area contributed by atoms with Crippen LogP contribution in [0.5, 0.6) is 0 Å². The van der Waals surface area contributed by atoms with E-state index in [0.29, 0.717) is 27.7 Å². The largest absolute Gasteiger partial charge is 0.352 e. The molecule has 1 N–H and O–H groups in total. The molecule has 1 aliphatic rings. The molecule has 26 heavy (non-hydrogen) atoms. The fourth-order valence-electron chi connectivity index (χ4n) is 2.93. The standard InChI is InChI=1S/C19H16Cl2N2O3/c20-15-8-14(9-16(21)10-15)19(26)22-5-3-18(25)13-1-2-17-12(7-13)4-6-23(17)11-24/h1-2,7-11H,3-6H2,(H,22,26). The molecule has 0 aliphatic carbocycles. The predicted octanol–water partition coefficient (Wildman–Crippen LogP) is 3.52. The van der Waals surface area contributed by atoms with E-state index in [9.17, 15) is 14.4 Å². The molecule has 1 heterocycles. The molecule has 2 aromatic rings. The molecule has 0 unspecified atom stereocenters. The Kier molecular flexibility index (Phi) is 5.59. The number of benzene rings is 2. The van der Waals surface area contributed by atoms with Gasteiger partial charge in [-0.3, -0.25) is 14.4 Å². The van der Waals surface area contributed by atoms with Crippen LogP contribution in [0.1, 0.15) is 32.7 Å². The van der Waals surface area contributed by atoms with Gasteiger partial charge in [0.25, 0.3) is 5.91 Å². The molecular formula is C19H16Cl2N2O3. The minimum Gasteiger partial charge on any atom is -0.352 e. The monoisotopic (exact) mass is 390 g/mol. The molecule has 134 valence electrons. The zero-order chi connectivity index (χ0) is 18.7. The molecule has 2 aromatic carbocycles. The Bertz CT molecular complexity index is 863. The summed E-state index contributed by atoms with van der Waals surface area (Å²) in [6.45, 7) is 0.841. The van der Waals surface area contributed by atoms with Crippen molar-refractivity contribution in [2.24, 2.45) is 0 Å². The van der Waals surface area contributed by atoms with E-state index in [4.69, 9.17) is 23.2 Å². The fraction of sp³-hybridized carbons (Fsp3) is 0.211. The summed E-state index contributed by atoms with van der Waals surface area (Å²) in [5.74, 6) is -0.403. The van der Waals surface area contributed by atoms with E-state index in [1.165, 1.54) is 12.1 Å². The van der Waals surface area contributed by atoms with Gasteiger partial charge < -0.3 is 10.2 Å². The van der Waals surface area contributed by atoms with Gasteiger partial charge in [0.2, 0.25) is 6.41 Å². The van der Waals surface area contributed by atoms with E-state index in [2.05, 4.69) is 5.32 Å².